The van der Waals surface area contributed by atoms with Gasteiger partial charge in [-0.2, -0.15) is 5.10 Å². The number of amides is 1. The highest BCUT2D eigenvalue weighted by atomic mass is 35.5. The summed E-state index contributed by atoms with van der Waals surface area (Å²) in [6.07, 6.45) is 1.34. The number of benzene rings is 3. The molecule has 0 atom stereocenters. The molecule has 0 aliphatic heterocycles. The molecular weight excluding hydrogens is 427 g/mol. The van der Waals surface area contributed by atoms with Gasteiger partial charge in [0.1, 0.15) is 12.4 Å². The van der Waals surface area contributed by atoms with Crippen LogP contribution in [0.3, 0.4) is 0 Å². The van der Waals surface area contributed by atoms with Crippen LogP contribution >= 0.6 is 23.2 Å². The van der Waals surface area contributed by atoms with Crippen molar-refractivity contribution in [1.29, 1.82) is 0 Å². The number of phenols is 1. The van der Waals surface area contributed by atoms with E-state index in [1.165, 1.54) is 13.3 Å². The third-order valence-electron chi connectivity index (χ3n) is 4.15. The van der Waals surface area contributed by atoms with Crippen LogP contribution in [-0.4, -0.2) is 24.3 Å². The van der Waals surface area contributed by atoms with Gasteiger partial charge >= 0.3 is 0 Å². The Labute approximate surface area is 183 Å². The molecule has 3 rings (SSSR count). The van der Waals surface area contributed by atoms with Gasteiger partial charge in [0, 0.05) is 26.7 Å². The van der Waals surface area contributed by atoms with Gasteiger partial charge in [0.05, 0.1) is 13.3 Å². The quantitative estimate of drug-likeness (QED) is 0.394. The van der Waals surface area contributed by atoms with Crippen LogP contribution in [0.5, 0.6) is 17.2 Å². The smallest absolute Gasteiger partial charge is 0.271 e. The van der Waals surface area contributed by atoms with Crippen molar-refractivity contribution in [2.75, 3.05) is 7.11 Å². The normalized spacial score (nSPS) is 10.8. The molecular formula is C22H18Cl2N2O4. The summed E-state index contributed by atoms with van der Waals surface area (Å²) in [4.78, 5) is 12.2. The zero-order valence-electron chi connectivity index (χ0n) is 15.9. The third-order valence-corrected chi connectivity index (χ3v) is 4.73. The molecule has 0 aliphatic rings. The first-order valence-corrected chi connectivity index (χ1v) is 9.59. The molecule has 0 bridgehead atoms. The molecule has 0 radical (unpaired) electrons. The van der Waals surface area contributed by atoms with Gasteiger partial charge in [-0.3, -0.25) is 4.79 Å². The second-order valence-corrected chi connectivity index (χ2v) is 6.99. The van der Waals surface area contributed by atoms with E-state index < -0.39 is 5.91 Å². The Balaban J connectivity index is 1.57. The van der Waals surface area contributed by atoms with E-state index in [4.69, 9.17) is 32.7 Å². The minimum atomic E-state index is -0.402. The molecule has 3 aromatic rings. The summed E-state index contributed by atoms with van der Waals surface area (Å²) in [7, 11) is 1.45. The second kappa shape index (κ2) is 10.0. The maximum atomic E-state index is 12.2. The SMILES string of the molecule is COc1cccc(/C=N/NC(=O)c2ccc(OCc3ccc(Cl)cc3Cl)cc2)c1O. The number of aromatic hydroxyl groups is 1. The Morgan fingerprint density at radius 1 is 1.13 bits per heavy atom. The van der Waals surface area contributed by atoms with E-state index >= 15 is 0 Å². The maximum absolute atomic E-state index is 12.2. The molecule has 0 unspecified atom stereocenters. The Morgan fingerprint density at radius 2 is 1.90 bits per heavy atom. The number of ether oxygens (including phenoxy) is 2. The summed E-state index contributed by atoms with van der Waals surface area (Å²) < 4.78 is 10.7. The molecule has 154 valence electrons. The fourth-order valence-electron chi connectivity index (χ4n) is 2.54. The molecule has 6 nitrogen and oxygen atoms in total. The third kappa shape index (κ3) is 5.43. The van der Waals surface area contributed by atoms with Crippen molar-refractivity contribution in [1.82, 2.24) is 5.43 Å². The minimum Gasteiger partial charge on any atom is -0.504 e. The molecule has 3 aromatic carbocycles. The van der Waals surface area contributed by atoms with Crippen LogP contribution in [0.1, 0.15) is 21.5 Å². The number of halogens is 2. The van der Waals surface area contributed by atoms with E-state index in [0.717, 1.165) is 5.56 Å². The Morgan fingerprint density at radius 3 is 2.60 bits per heavy atom. The highest BCUT2D eigenvalue weighted by Crippen LogP contribution is 2.28. The lowest BCUT2D eigenvalue weighted by molar-refractivity contribution is 0.0955. The van der Waals surface area contributed by atoms with Crippen molar-refractivity contribution < 1.29 is 19.4 Å². The lowest BCUT2D eigenvalue weighted by atomic mass is 10.2. The first-order valence-electron chi connectivity index (χ1n) is 8.84. The number of carbonyl (C=O) groups is 1. The average Bonchev–Trinajstić information content (AvgIpc) is 2.74. The van der Waals surface area contributed by atoms with Crippen LogP contribution in [0.25, 0.3) is 0 Å². The summed E-state index contributed by atoms with van der Waals surface area (Å²) in [5, 5.41) is 15.0. The molecule has 0 saturated heterocycles. The molecule has 8 heteroatoms. The number of phenolic OH excluding ortho intramolecular Hbond substituents is 1. The lowest BCUT2D eigenvalue weighted by Crippen LogP contribution is -2.17. The monoisotopic (exact) mass is 444 g/mol. The predicted molar refractivity (Wildman–Crippen MR) is 117 cm³/mol. The van der Waals surface area contributed by atoms with Gasteiger partial charge in [-0.1, -0.05) is 35.3 Å². The van der Waals surface area contributed by atoms with Gasteiger partial charge in [-0.05, 0) is 48.5 Å². The van der Waals surface area contributed by atoms with E-state index in [2.05, 4.69) is 10.5 Å². The highest BCUT2D eigenvalue weighted by molar-refractivity contribution is 6.35. The van der Waals surface area contributed by atoms with E-state index in [1.54, 1.807) is 60.7 Å². The highest BCUT2D eigenvalue weighted by Gasteiger charge is 2.07. The summed E-state index contributed by atoms with van der Waals surface area (Å²) in [5.41, 5.74) is 4.03. The molecule has 0 fully saturated rings. The van der Waals surface area contributed by atoms with Gasteiger partial charge in [-0.25, -0.2) is 5.43 Å². The molecule has 0 spiro atoms. The van der Waals surface area contributed by atoms with E-state index in [1.807, 2.05) is 0 Å². The molecule has 0 aromatic heterocycles. The van der Waals surface area contributed by atoms with Crippen LogP contribution < -0.4 is 14.9 Å². The maximum Gasteiger partial charge on any atom is 0.271 e. The van der Waals surface area contributed by atoms with E-state index in [-0.39, 0.29) is 12.4 Å². The number of hydrazone groups is 1. The van der Waals surface area contributed by atoms with Crippen LogP contribution in [0.2, 0.25) is 10.0 Å². The molecule has 2 N–H and O–H groups in total. The number of hydrogen-bond donors (Lipinski definition) is 2. The first-order chi connectivity index (χ1) is 14.5. The van der Waals surface area contributed by atoms with Crippen molar-refractivity contribution in [3.05, 3.63) is 87.4 Å². The Bertz CT molecular complexity index is 1070. The topological polar surface area (TPSA) is 80.2 Å². The average molecular weight is 445 g/mol. The van der Waals surface area contributed by atoms with Crippen LogP contribution in [0.15, 0.2) is 65.8 Å². The van der Waals surface area contributed by atoms with Crippen LogP contribution in [-0.2, 0) is 6.61 Å². The summed E-state index contributed by atoms with van der Waals surface area (Å²) in [6.45, 7) is 0.274. The van der Waals surface area contributed by atoms with Crippen molar-refractivity contribution in [2.24, 2.45) is 5.10 Å². The summed E-state index contributed by atoms with van der Waals surface area (Å²) in [5.74, 6) is 0.448. The molecule has 0 heterocycles. The van der Waals surface area contributed by atoms with E-state index in [0.29, 0.717) is 32.7 Å². The molecule has 0 saturated carbocycles. The van der Waals surface area contributed by atoms with Gasteiger partial charge in [0.15, 0.2) is 11.5 Å². The predicted octanol–water partition coefficient (Wildman–Crippen LogP) is 5.05. The molecule has 30 heavy (non-hydrogen) atoms. The zero-order chi connectivity index (χ0) is 21.5. The largest absolute Gasteiger partial charge is 0.504 e. The number of carbonyl (C=O) groups excluding carboxylic acids is 1. The van der Waals surface area contributed by atoms with Gasteiger partial charge in [0.25, 0.3) is 5.91 Å². The second-order valence-electron chi connectivity index (χ2n) is 6.15. The van der Waals surface area contributed by atoms with Gasteiger partial charge in [-0.15, -0.1) is 0 Å². The Kier molecular flexibility index (Phi) is 7.17. The van der Waals surface area contributed by atoms with Gasteiger partial charge < -0.3 is 14.6 Å². The van der Waals surface area contributed by atoms with Crippen molar-refractivity contribution >= 4 is 35.3 Å². The number of nitrogens with zero attached hydrogens (tertiary/aromatic N) is 1. The number of para-hydroxylation sites is 1. The zero-order valence-corrected chi connectivity index (χ0v) is 17.4. The number of rotatable bonds is 7. The van der Waals surface area contributed by atoms with E-state index in [9.17, 15) is 9.90 Å². The number of hydrogen-bond acceptors (Lipinski definition) is 5. The summed E-state index contributed by atoms with van der Waals surface area (Å²) in [6, 6.07) is 16.8. The van der Waals surface area contributed by atoms with Crippen LogP contribution in [0.4, 0.5) is 0 Å². The van der Waals surface area contributed by atoms with Crippen molar-refractivity contribution in [3.63, 3.8) is 0 Å². The number of methoxy groups -OCH3 is 1. The minimum absolute atomic E-state index is 0.0553. The fourth-order valence-corrected chi connectivity index (χ4v) is 3.00. The Hall–Kier alpha value is -3.22. The lowest BCUT2D eigenvalue weighted by Gasteiger charge is -2.09. The molecule has 0 aliphatic carbocycles. The van der Waals surface area contributed by atoms with Crippen LogP contribution in [0, 0.1) is 0 Å². The standard InChI is InChI=1S/C22H18Cl2N2O4/c1-29-20-4-2-3-15(21(20)27)12-25-26-22(28)14-6-9-18(10-7-14)30-13-16-5-8-17(23)11-19(16)24/h2-12,27H,13H2,1H3,(H,26,28)/b25-12+. The van der Waals surface area contributed by atoms with Crippen molar-refractivity contribution in [2.45, 2.75) is 6.61 Å². The number of nitrogens with one attached hydrogen (secondary N) is 1. The summed E-state index contributed by atoms with van der Waals surface area (Å²) >= 11 is 12.0. The molecule has 1 amide bonds. The first kappa shape index (κ1) is 21.5. The fraction of sp³-hybridized carbons (Fsp3) is 0.0909. The van der Waals surface area contributed by atoms with Crippen molar-refractivity contribution in [3.8, 4) is 17.2 Å². The van der Waals surface area contributed by atoms with Gasteiger partial charge in [0.2, 0.25) is 0 Å².